The van der Waals surface area contributed by atoms with Gasteiger partial charge in [-0.2, -0.15) is 13.2 Å². The van der Waals surface area contributed by atoms with E-state index in [2.05, 4.69) is 5.32 Å². The fourth-order valence-corrected chi connectivity index (χ4v) is 2.63. The maximum Gasteiger partial charge on any atom is 0.390 e. The molecule has 1 aromatic rings. The molecular formula is C15H20F3NO. The van der Waals surface area contributed by atoms with Crippen LogP contribution in [0.5, 0.6) is 0 Å². The molecule has 2 rings (SSSR count). The lowest BCUT2D eigenvalue weighted by Crippen LogP contribution is -2.35. The summed E-state index contributed by atoms with van der Waals surface area (Å²) in [4.78, 5) is 0. The highest BCUT2D eigenvalue weighted by Crippen LogP contribution is 2.34. The van der Waals surface area contributed by atoms with Crippen LogP contribution in [0.1, 0.15) is 31.4 Å². The Bertz CT molecular complexity index is 407. The Hall–Kier alpha value is -1.07. The highest BCUT2D eigenvalue weighted by molar-refractivity contribution is 5.19. The van der Waals surface area contributed by atoms with Crippen molar-refractivity contribution >= 4 is 0 Å². The summed E-state index contributed by atoms with van der Waals surface area (Å²) in [6, 6.07) is 9.29. The van der Waals surface area contributed by atoms with Crippen molar-refractivity contribution in [3.63, 3.8) is 0 Å². The average molecular weight is 287 g/mol. The summed E-state index contributed by atoms with van der Waals surface area (Å²) < 4.78 is 42.6. The number of alkyl halides is 3. The summed E-state index contributed by atoms with van der Waals surface area (Å²) in [7, 11) is 0. The number of rotatable bonds is 5. The van der Waals surface area contributed by atoms with Gasteiger partial charge in [-0.1, -0.05) is 30.3 Å². The minimum Gasteiger partial charge on any atom is -0.373 e. The molecule has 1 fully saturated rings. The molecule has 1 saturated heterocycles. The number of hydrogen-bond acceptors (Lipinski definition) is 2. The van der Waals surface area contributed by atoms with E-state index in [9.17, 15) is 13.2 Å². The second-order valence-corrected chi connectivity index (χ2v) is 5.38. The van der Waals surface area contributed by atoms with Crippen molar-refractivity contribution in [2.24, 2.45) is 5.92 Å². The van der Waals surface area contributed by atoms with Crippen LogP contribution in [0.25, 0.3) is 0 Å². The van der Waals surface area contributed by atoms with Crippen molar-refractivity contribution in [1.82, 2.24) is 5.32 Å². The zero-order valence-electron chi connectivity index (χ0n) is 11.5. The third-order valence-electron chi connectivity index (χ3n) is 3.61. The fraction of sp³-hybridized carbons (Fsp3) is 0.600. The van der Waals surface area contributed by atoms with Crippen molar-refractivity contribution in [3.8, 4) is 0 Å². The summed E-state index contributed by atoms with van der Waals surface area (Å²) in [5.74, 6) is 0.230. The van der Waals surface area contributed by atoms with Gasteiger partial charge in [-0.05, 0) is 18.9 Å². The minimum atomic E-state index is -4.11. The normalized spacial score (nSPS) is 24.8. The second kappa shape index (κ2) is 6.59. The zero-order chi connectivity index (χ0) is 14.6. The number of nitrogens with one attached hydrogen (secondary N) is 1. The molecule has 1 aliphatic heterocycles. The van der Waals surface area contributed by atoms with Gasteiger partial charge in [0.25, 0.3) is 0 Å². The van der Waals surface area contributed by atoms with Gasteiger partial charge in [-0.25, -0.2) is 0 Å². The maximum absolute atomic E-state index is 12.3. The molecule has 0 aliphatic carbocycles. The Morgan fingerprint density at radius 1 is 1.30 bits per heavy atom. The fourth-order valence-electron chi connectivity index (χ4n) is 2.63. The predicted octanol–water partition coefficient (Wildman–Crippen LogP) is 3.69. The Kier molecular flexibility index (Phi) is 5.05. The van der Waals surface area contributed by atoms with Crippen LogP contribution in [-0.2, 0) is 4.74 Å². The van der Waals surface area contributed by atoms with E-state index in [1.54, 1.807) is 6.92 Å². The van der Waals surface area contributed by atoms with Crippen LogP contribution in [0.2, 0.25) is 0 Å². The zero-order valence-corrected chi connectivity index (χ0v) is 11.5. The Morgan fingerprint density at radius 3 is 2.65 bits per heavy atom. The Balaban J connectivity index is 1.86. The largest absolute Gasteiger partial charge is 0.390 e. The van der Waals surface area contributed by atoms with Crippen LogP contribution in [0.15, 0.2) is 30.3 Å². The topological polar surface area (TPSA) is 21.3 Å². The van der Waals surface area contributed by atoms with Gasteiger partial charge in [0.2, 0.25) is 0 Å². The molecule has 0 spiro atoms. The first-order valence-corrected chi connectivity index (χ1v) is 6.92. The van der Waals surface area contributed by atoms with Crippen molar-refractivity contribution in [2.45, 2.75) is 38.1 Å². The molecule has 0 bridgehead atoms. The van der Waals surface area contributed by atoms with Crippen molar-refractivity contribution in [1.29, 1.82) is 0 Å². The van der Waals surface area contributed by atoms with Crippen LogP contribution >= 0.6 is 0 Å². The predicted molar refractivity (Wildman–Crippen MR) is 71.4 cm³/mol. The van der Waals surface area contributed by atoms with E-state index in [4.69, 9.17) is 4.74 Å². The van der Waals surface area contributed by atoms with E-state index in [1.165, 1.54) is 0 Å². The monoisotopic (exact) mass is 287 g/mol. The van der Waals surface area contributed by atoms with Crippen LogP contribution in [0.4, 0.5) is 13.2 Å². The maximum atomic E-state index is 12.3. The molecule has 112 valence electrons. The Morgan fingerprint density at radius 2 is 2.00 bits per heavy atom. The molecule has 0 unspecified atom stereocenters. The molecule has 1 heterocycles. The number of hydrogen-bond donors (Lipinski definition) is 1. The van der Waals surface area contributed by atoms with Crippen LogP contribution < -0.4 is 5.32 Å². The van der Waals surface area contributed by atoms with Crippen molar-refractivity contribution in [2.75, 3.05) is 13.2 Å². The van der Waals surface area contributed by atoms with Gasteiger partial charge in [0.1, 0.15) is 0 Å². The van der Waals surface area contributed by atoms with Crippen molar-refractivity contribution in [3.05, 3.63) is 35.9 Å². The first-order chi connectivity index (χ1) is 9.46. The lowest BCUT2D eigenvalue weighted by molar-refractivity contribution is -0.139. The van der Waals surface area contributed by atoms with Crippen molar-refractivity contribution < 1.29 is 17.9 Å². The molecule has 5 heteroatoms. The second-order valence-electron chi connectivity index (χ2n) is 5.38. The smallest absolute Gasteiger partial charge is 0.373 e. The third kappa shape index (κ3) is 4.49. The number of benzene rings is 1. The molecule has 0 saturated carbocycles. The summed E-state index contributed by atoms with van der Waals surface area (Å²) >= 11 is 0. The van der Waals surface area contributed by atoms with E-state index < -0.39 is 18.6 Å². The van der Waals surface area contributed by atoms with Gasteiger partial charge in [0.05, 0.1) is 12.5 Å². The molecule has 3 atom stereocenters. The summed E-state index contributed by atoms with van der Waals surface area (Å²) in [5, 5.41) is 2.98. The van der Waals surface area contributed by atoms with E-state index in [-0.39, 0.29) is 12.0 Å². The van der Waals surface area contributed by atoms with E-state index >= 15 is 0 Å². The molecule has 0 radical (unpaired) electrons. The Labute approximate surface area is 117 Å². The van der Waals surface area contributed by atoms with E-state index in [1.807, 2.05) is 30.3 Å². The van der Waals surface area contributed by atoms with Crippen LogP contribution in [0, 0.1) is 5.92 Å². The first kappa shape index (κ1) is 15.3. The van der Waals surface area contributed by atoms with Gasteiger partial charge < -0.3 is 10.1 Å². The lowest BCUT2D eigenvalue weighted by Gasteiger charge is -2.22. The molecule has 20 heavy (non-hydrogen) atoms. The molecule has 0 aromatic heterocycles. The lowest BCUT2D eigenvalue weighted by atomic mass is 9.95. The van der Waals surface area contributed by atoms with E-state index in [0.717, 1.165) is 12.0 Å². The molecule has 2 nitrogen and oxygen atoms in total. The van der Waals surface area contributed by atoms with Gasteiger partial charge in [-0.3, -0.25) is 0 Å². The number of halogens is 3. The average Bonchev–Trinajstić information content (AvgIpc) is 2.83. The summed E-state index contributed by atoms with van der Waals surface area (Å²) in [6.07, 6.45) is -4.04. The van der Waals surface area contributed by atoms with Gasteiger partial charge in [-0.15, -0.1) is 0 Å². The minimum absolute atomic E-state index is 0.0122. The first-order valence-electron chi connectivity index (χ1n) is 6.92. The molecule has 1 aliphatic rings. The third-order valence-corrected chi connectivity index (χ3v) is 3.61. The van der Waals surface area contributed by atoms with Crippen LogP contribution in [-0.4, -0.2) is 25.4 Å². The summed E-state index contributed by atoms with van der Waals surface area (Å²) in [5.41, 5.74) is 1.10. The number of ether oxygens (including phenoxy) is 1. The quantitative estimate of drug-likeness (QED) is 0.891. The molecule has 1 N–H and O–H groups in total. The molecule has 1 aromatic carbocycles. The molecular weight excluding hydrogens is 267 g/mol. The van der Waals surface area contributed by atoms with Gasteiger partial charge in [0.15, 0.2) is 0 Å². The standard InChI is InChI=1S/C15H20F3NO/c1-11(9-15(16,17)18)19-10-13-7-8-20-14(13)12-5-3-2-4-6-12/h2-6,11,13-14,19H,7-10H2,1H3/t11-,13-,14-/m1/s1. The highest BCUT2D eigenvalue weighted by Gasteiger charge is 2.32. The highest BCUT2D eigenvalue weighted by atomic mass is 19.4. The summed E-state index contributed by atoms with van der Waals surface area (Å²) in [6.45, 7) is 2.79. The van der Waals surface area contributed by atoms with Gasteiger partial charge in [0, 0.05) is 25.1 Å². The SMILES string of the molecule is C[C@H](CC(F)(F)F)NC[C@H]1CCO[C@@H]1c1ccccc1. The molecule has 0 amide bonds. The van der Waals surface area contributed by atoms with E-state index in [0.29, 0.717) is 13.2 Å². The van der Waals surface area contributed by atoms with Gasteiger partial charge >= 0.3 is 6.18 Å². The van der Waals surface area contributed by atoms with Crippen LogP contribution in [0.3, 0.4) is 0 Å².